The molecule has 0 radical (unpaired) electrons. The summed E-state index contributed by atoms with van der Waals surface area (Å²) in [5, 5.41) is 3.45. The zero-order chi connectivity index (χ0) is 15.0. The number of pyridine rings is 1. The predicted octanol–water partition coefficient (Wildman–Crippen LogP) is 3.45. The molecule has 0 amide bonds. The van der Waals surface area contributed by atoms with Crippen molar-refractivity contribution >= 4 is 0 Å². The fourth-order valence-corrected chi connectivity index (χ4v) is 2.50. The lowest BCUT2D eigenvalue weighted by Gasteiger charge is -2.25. The van der Waals surface area contributed by atoms with E-state index in [0.717, 1.165) is 25.3 Å². The van der Waals surface area contributed by atoms with Crippen molar-refractivity contribution in [3.05, 3.63) is 29.6 Å². The second kappa shape index (κ2) is 9.09. The molecule has 1 heterocycles. The Bertz CT molecular complexity index is 372. The van der Waals surface area contributed by atoms with Crippen molar-refractivity contribution in [2.24, 2.45) is 5.92 Å². The Kier molecular flexibility index (Phi) is 7.78. The maximum Gasteiger partial charge on any atom is 0.0547 e. The van der Waals surface area contributed by atoms with Gasteiger partial charge in [0.05, 0.1) is 11.4 Å². The van der Waals surface area contributed by atoms with Crippen LogP contribution in [0.3, 0.4) is 0 Å². The number of nitrogens with one attached hydrogen (secondary N) is 1. The van der Waals surface area contributed by atoms with E-state index in [9.17, 15) is 0 Å². The minimum atomic E-state index is 0.652. The summed E-state index contributed by atoms with van der Waals surface area (Å²) in [5.74, 6) is 0.680. The summed E-state index contributed by atoms with van der Waals surface area (Å²) in [5.41, 5.74) is 2.31. The highest BCUT2D eigenvalue weighted by atomic mass is 15.1. The third kappa shape index (κ3) is 6.02. The van der Waals surface area contributed by atoms with Crippen molar-refractivity contribution in [3.8, 4) is 0 Å². The second-order valence-corrected chi connectivity index (χ2v) is 6.03. The molecule has 0 bridgehead atoms. The van der Waals surface area contributed by atoms with Crippen molar-refractivity contribution in [2.75, 3.05) is 13.6 Å². The van der Waals surface area contributed by atoms with E-state index in [-0.39, 0.29) is 0 Å². The Hall–Kier alpha value is -0.930. The summed E-state index contributed by atoms with van der Waals surface area (Å²) in [7, 11) is 2.20. The van der Waals surface area contributed by atoms with Crippen LogP contribution in [-0.2, 0) is 13.1 Å². The average Bonchev–Trinajstić information content (AvgIpc) is 2.40. The maximum atomic E-state index is 4.76. The first-order chi connectivity index (χ1) is 9.56. The molecule has 3 heteroatoms. The predicted molar refractivity (Wildman–Crippen MR) is 86.6 cm³/mol. The summed E-state index contributed by atoms with van der Waals surface area (Å²) in [6.07, 6.45) is 2.39. The quantitative estimate of drug-likeness (QED) is 0.749. The van der Waals surface area contributed by atoms with Crippen LogP contribution in [0, 0.1) is 5.92 Å². The zero-order valence-electron chi connectivity index (χ0n) is 13.8. The monoisotopic (exact) mass is 277 g/mol. The van der Waals surface area contributed by atoms with Gasteiger partial charge in [-0.1, -0.05) is 33.8 Å². The summed E-state index contributed by atoms with van der Waals surface area (Å²) in [6, 6.07) is 7.01. The SMILES string of the molecule is CCC(CC)N(C)Cc1cccc(CNCC(C)C)n1. The molecule has 0 saturated carbocycles. The molecule has 0 spiro atoms. The maximum absolute atomic E-state index is 4.76. The van der Waals surface area contributed by atoms with Crippen LogP contribution in [0.4, 0.5) is 0 Å². The van der Waals surface area contributed by atoms with Crippen LogP contribution >= 0.6 is 0 Å². The van der Waals surface area contributed by atoms with Crippen LogP contribution in [0.5, 0.6) is 0 Å². The lowest BCUT2D eigenvalue weighted by Crippen LogP contribution is -2.30. The molecule has 0 aliphatic carbocycles. The summed E-state index contributed by atoms with van der Waals surface area (Å²) < 4.78 is 0. The third-order valence-corrected chi connectivity index (χ3v) is 3.70. The van der Waals surface area contributed by atoms with Crippen molar-refractivity contribution in [3.63, 3.8) is 0 Å². The van der Waals surface area contributed by atoms with E-state index in [1.165, 1.54) is 18.5 Å². The van der Waals surface area contributed by atoms with Gasteiger partial charge in [-0.25, -0.2) is 0 Å². The molecule has 114 valence electrons. The van der Waals surface area contributed by atoms with Crippen LogP contribution in [0.25, 0.3) is 0 Å². The second-order valence-electron chi connectivity index (χ2n) is 6.03. The van der Waals surface area contributed by atoms with Crippen molar-refractivity contribution in [1.82, 2.24) is 15.2 Å². The molecule has 20 heavy (non-hydrogen) atoms. The van der Waals surface area contributed by atoms with Gasteiger partial charge in [0.1, 0.15) is 0 Å². The van der Waals surface area contributed by atoms with E-state index >= 15 is 0 Å². The lowest BCUT2D eigenvalue weighted by molar-refractivity contribution is 0.219. The first-order valence-electron chi connectivity index (χ1n) is 7.92. The Labute approximate surface area is 124 Å². The number of hydrogen-bond acceptors (Lipinski definition) is 3. The molecule has 1 aromatic heterocycles. The zero-order valence-corrected chi connectivity index (χ0v) is 13.8. The topological polar surface area (TPSA) is 28.2 Å². The van der Waals surface area contributed by atoms with Crippen LogP contribution in [0.1, 0.15) is 51.9 Å². The van der Waals surface area contributed by atoms with Gasteiger partial charge in [0.25, 0.3) is 0 Å². The summed E-state index contributed by atoms with van der Waals surface area (Å²) >= 11 is 0. The highest BCUT2D eigenvalue weighted by Gasteiger charge is 2.11. The number of hydrogen-bond donors (Lipinski definition) is 1. The molecular weight excluding hydrogens is 246 g/mol. The third-order valence-electron chi connectivity index (χ3n) is 3.70. The number of aromatic nitrogens is 1. The fraction of sp³-hybridized carbons (Fsp3) is 0.706. The largest absolute Gasteiger partial charge is 0.311 e. The molecule has 0 aliphatic rings. The molecule has 0 unspecified atom stereocenters. The van der Waals surface area contributed by atoms with Gasteiger partial charge in [0.15, 0.2) is 0 Å². The Morgan fingerprint density at radius 1 is 1.15 bits per heavy atom. The molecular formula is C17H31N3. The van der Waals surface area contributed by atoms with Crippen LogP contribution in [-0.4, -0.2) is 29.5 Å². The fourth-order valence-electron chi connectivity index (χ4n) is 2.50. The first-order valence-corrected chi connectivity index (χ1v) is 7.92. The van der Waals surface area contributed by atoms with E-state index in [2.05, 4.69) is 63.2 Å². The minimum Gasteiger partial charge on any atom is -0.311 e. The van der Waals surface area contributed by atoms with E-state index in [1.807, 2.05) is 0 Å². The van der Waals surface area contributed by atoms with Crippen LogP contribution < -0.4 is 5.32 Å². The molecule has 1 N–H and O–H groups in total. The van der Waals surface area contributed by atoms with Gasteiger partial charge in [0, 0.05) is 19.1 Å². The van der Waals surface area contributed by atoms with Gasteiger partial charge in [-0.2, -0.15) is 0 Å². The first kappa shape index (κ1) is 17.1. The Morgan fingerprint density at radius 2 is 1.80 bits per heavy atom. The van der Waals surface area contributed by atoms with Gasteiger partial charge >= 0.3 is 0 Å². The average molecular weight is 277 g/mol. The molecule has 0 saturated heterocycles. The summed E-state index contributed by atoms with van der Waals surface area (Å²) in [4.78, 5) is 7.17. The Morgan fingerprint density at radius 3 is 2.40 bits per heavy atom. The van der Waals surface area contributed by atoms with Gasteiger partial charge in [-0.05, 0) is 44.5 Å². The van der Waals surface area contributed by atoms with Crippen molar-refractivity contribution in [1.29, 1.82) is 0 Å². The van der Waals surface area contributed by atoms with Crippen LogP contribution in [0.2, 0.25) is 0 Å². The molecule has 0 aromatic carbocycles. The number of nitrogens with zero attached hydrogens (tertiary/aromatic N) is 2. The van der Waals surface area contributed by atoms with Gasteiger partial charge in [-0.15, -0.1) is 0 Å². The lowest BCUT2D eigenvalue weighted by atomic mass is 10.1. The van der Waals surface area contributed by atoms with E-state index in [1.54, 1.807) is 0 Å². The van der Waals surface area contributed by atoms with Gasteiger partial charge in [0.2, 0.25) is 0 Å². The summed E-state index contributed by atoms with van der Waals surface area (Å²) in [6.45, 7) is 11.8. The van der Waals surface area contributed by atoms with Gasteiger partial charge < -0.3 is 5.32 Å². The van der Waals surface area contributed by atoms with E-state index in [0.29, 0.717) is 12.0 Å². The molecule has 0 aliphatic heterocycles. The normalized spacial score (nSPS) is 11.8. The minimum absolute atomic E-state index is 0.652. The molecule has 3 nitrogen and oxygen atoms in total. The number of rotatable bonds is 9. The van der Waals surface area contributed by atoms with Crippen molar-refractivity contribution in [2.45, 2.75) is 59.7 Å². The molecule has 0 fully saturated rings. The highest BCUT2D eigenvalue weighted by molar-refractivity contribution is 5.11. The van der Waals surface area contributed by atoms with E-state index in [4.69, 9.17) is 4.98 Å². The standard InChI is InChI=1S/C17H31N3/c1-6-17(7-2)20(5)13-16-10-8-9-15(19-16)12-18-11-14(3)4/h8-10,14,17-18H,6-7,11-13H2,1-5H3. The molecule has 1 aromatic rings. The van der Waals surface area contributed by atoms with E-state index < -0.39 is 0 Å². The highest BCUT2D eigenvalue weighted by Crippen LogP contribution is 2.10. The van der Waals surface area contributed by atoms with Gasteiger partial charge in [-0.3, -0.25) is 9.88 Å². The molecule has 1 rings (SSSR count). The van der Waals surface area contributed by atoms with Crippen LogP contribution in [0.15, 0.2) is 18.2 Å². The Balaban J connectivity index is 2.54. The smallest absolute Gasteiger partial charge is 0.0547 e. The molecule has 0 atom stereocenters. The van der Waals surface area contributed by atoms with Crippen molar-refractivity contribution < 1.29 is 0 Å².